The van der Waals surface area contributed by atoms with Crippen LogP contribution in [0.1, 0.15) is 10.4 Å². The molecule has 100 valence electrons. The van der Waals surface area contributed by atoms with Crippen LogP contribution >= 0.6 is 0 Å². The maximum atomic E-state index is 12.3. The number of nitrogen functional groups attached to an aromatic ring is 1. The van der Waals surface area contributed by atoms with E-state index in [9.17, 15) is 4.79 Å². The summed E-state index contributed by atoms with van der Waals surface area (Å²) in [6, 6.07) is 7.37. The summed E-state index contributed by atoms with van der Waals surface area (Å²) in [5.41, 5.74) is 3.45. The molecule has 0 aliphatic rings. The fourth-order valence-electron chi connectivity index (χ4n) is 1.95. The molecule has 0 aliphatic heterocycles. The van der Waals surface area contributed by atoms with Crippen molar-refractivity contribution >= 4 is 28.2 Å². The average Bonchev–Trinajstić information content (AvgIpc) is 2.99. The van der Waals surface area contributed by atoms with Gasteiger partial charge >= 0.3 is 0 Å². The van der Waals surface area contributed by atoms with Crippen molar-refractivity contribution in [1.29, 1.82) is 0 Å². The number of aromatic nitrogens is 2. The van der Waals surface area contributed by atoms with Gasteiger partial charge in [-0.1, -0.05) is 29.4 Å². The molecule has 1 aromatic carbocycles. The van der Waals surface area contributed by atoms with Gasteiger partial charge in [0, 0.05) is 11.6 Å². The quantitative estimate of drug-likeness (QED) is 0.494. The summed E-state index contributed by atoms with van der Waals surface area (Å²) < 4.78 is 4.67. The topological polar surface area (TPSA) is 106 Å². The highest BCUT2D eigenvalue weighted by atomic mass is 16.5. The SMILES string of the molecule is NNc1ncc(C(=O)Nc2cnoc2)c2ccccc12. The number of hydrogen-bond acceptors (Lipinski definition) is 6. The van der Waals surface area contributed by atoms with Crippen molar-refractivity contribution in [2.45, 2.75) is 0 Å². The van der Waals surface area contributed by atoms with Crippen molar-refractivity contribution in [1.82, 2.24) is 10.1 Å². The summed E-state index contributed by atoms with van der Waals surface area (Å²) in [5.74, 6) is 5.64. The van der Waals surface area contributed by atoms with E-state index in [1.54, 1.807) is 0 Å². The second-order valence-corrected chi connectivity index (χ2v) is 4.08. The van der Waals surface area contributed by atoms with Crippen molar-refractivity contribution < 1.29 is 9.32 Å². The molecule has 3 rings (SSSR count). The Bertz CT molecular complexity index is 755. The van der Waals surface area contributed by atoms with Gasteiger partial charge in [-0.05, 0) is 5.39 Å². The minimum atomic E-state index is -0.291. The Balaban J connectivity index is 2.05. The minimum absolute atomic E-state index is 0.291. The molecule has 7 nitrogen and oxygen atoms in total. The number of anilines is 2. The van der Waals surface area contributed by atoms with E-state index >= 15 is 0 Å². The molecule has 0 radical (unpaired) electrons. The molecule has 2 heterocycles. The van der Waals surface area contributed by atoms with Gasteiger partial charge in [0.25, 0.3) is 5.91 Å². The zero-order valence-corrected chi connectivity index (χ0v) is 10.3. The molecular formula is C13H11N5O2. The number of hydrazine groups is 1. The molecule has 7 heteroatoms. The highest BCUT2D eigenvalue weighted by molar-refractivity contribution is 6.14. The van der Waals surface area contributed by atoms with Gasteiger partial charge in [-0.15, -0.1) is 0 Å². The van der Waals surface area contributed by atoms with Gasteiger partial charge in [0.1, 0.15) is 17.8 Å². The molecule has 0 fully saturated rings. The van der Waals surface area contributed by atoms with E-state index < -0.39 is 0 Å². The summed E-state index contributed by atoms with van der Waals surface area (Å²) in [6.07, 6.45) is 4.24. The van der Waals surface area contributed by atoms with Crippen LogP contribution in [-0.4, -0.2) is 16.0 Å². The molecular weight excluding hydrogens is 258 g/mol. The summed E-state index contributed by atoms with van der Waals surface area (Å²) in [7, 11) is 0. The number of carbonyl (C=O) groups excluding carboxylic acids is 1. The molecule has 0 bridgehead atoms. The fraction of sp³-hybridized carbons (Fsp3) is 0. The first-order valence-electron chi connectivity index (χ1n) is 5.84. The molecule has 3 aromatic rings. The van der Waals surface area contributed by atoms with Gasteiger partial charge < -0.3 is 15.3 Å². The molecule has 0 spiro atoms. The summed E-state index contributed by atoms with van der Waals surface area (Å²) in [5, 5.41) is 7.73. The molecule has 0 atom stereocenters. The van der Waals surface area contributed by atoms with E-state index in [2.05, 4.69) is 25.4 Å². The van der Waals surface area contributed by atoms with Crippen LogP contribution in [0.3, 0.4) is 0 Å². The fourth-order valence-corrected chi connectivity index (χ4v) is 1.95. The average molecular weight is 269 g/mol. The van der Waals surface area contributed by atoms with E-state index in [-0.39, 0.29) is 5.91 Å². The number of hydrogen-bond donors (Lipinski definition) is 3. The smallest absolute Gasteiger partial charge is 0.257 e. The van der Waals surface area contributed by atoms with Crippen molar-refractivity contribution in [3.05, 3.63) is 48.5 Å². The molecule has 0 aliphatic carbocycles. The third kappa shape index (κ3) is 2.06. The Kier molecular flexibility index (Phi) is 3.02. The van der Waals surface area contributed by atoms with Gasteiger partial charge in [0.2, 0.25) is 0 Å². The second-order valence-electron chi connectivity index (χ2n) is 4.08. The monoisotopic (exact) mass is 269 g/mol. The molecule has 0 saturated carbocycles. The summed E-state index contributed by atoms with van der Waals surface area (Å²) >= 11 is 0. The first kappa shape index (κ1) is 12.1. The predicted molar refractivity (Wildman–Crippen MR) is 74.0 cm³/mol. The van der Waals surface area contributed by atoms with Gasteiger partial charge in [0.15, 0.2) is 0 Å². The Morgan fingerprint density at radius 3 is 2.70 bits per heavy atom. The molecule has 4 N–H and O–H groups in total. The number of nitrogens with zero attached hydrogens (tertiary/aromatic N) is 2. The van der Waals surface area contributed by atoms with E-state index in [1.807, 2.05) is 24.3 Å². The van der Waals surface area contributed by atoms with Crippen molar-refractivity contribution in [3.63, 3.8) is 0 Å². The lowest BCUT2D eigenvalue weighted by Crippen LogP contribution is -2.14. The van der Waals surface area contributed by atoms with Crippen molar-refractivity contribution in [2.75, 3.05) is 10.7 Å². The Labute approximate surface area is 113 Å². The zero-order chi connectivity index (χ0) is 13.9. The molecule has 20 heavy (non-hydrogen) atoms. The van der Waals surface area contributed by atoms with Crippen LogP contribution in [0.25, 0.3) is 10.8 Å². The lowest BCUT2D eigenvalue weighted by molar-refractivity contribution is 0.102. The largest absolute Gasteiger partial charge is 0.363 e. The first-order valence-corrected chi connectivity index (χ1v) is 5.84. The normalized spacial score (nSPS) is 10.4. The maximum absolute atomic E-state index is 12.3. The van der Waals surface area contributed by atoms with E-state index in [4.69, 9.17) is 5.84 Å². The van der Waals surface area contributed by atoms with Gasteiger partial charge in [-0.3, -0.25) is 4.79 Å². The van der Waals surface area contributed by atoms with Gasteiger partial charge in [-0.25, -0.2) is 10.8 Å². The van der Waals surface area contributed by atoms with Crippen LogP contribution in [0.15, 0.2) is 47.4 Å². The third-order valence-electron chi connectivity index (χ3n) is 2.87. The van der Waals surface area contributed by atoms with Crippen molar-refractivity contribution in [3.8, 4) is 0 Å². The Hall–Kier alpha value is -2.93. The predicted octanol–water partition coefficient (Wildman–Crippen LogP) is 1.76. The number of pyridine rings is 1. The first-order chi connectivity index (χ1) is 9.79. The minimum Gasteiger partial charge on any atom is -0.363 e. The number of nitrogens with two attached hydrogens (primary N) is 1. The van der Waals surface area contributed by atoms with Gasteiger partial charge in [0.05, 0.1) is 11.8 Å². The van der Waals surface area contributed by atoms with Crippen LogP contribution in [0, 0.1) is 0 Å². The number of nitrogens with one attached hydrogen (secondary N) is 2. The third-order valence-corrected chi connectivity index (χ3v) is 2.87. The molecule has 1 amide bonds. The standard InChI is InChI=1S/C13H11N5O2/c14-18-12-10-4-2-1-3-9(10)11(6-15-12)13(19)17-8-5-16-20-7-8/h1-7H,14H2,(H,15,18)(H,17,19). The number of fused-ring (bicyclic) bond motifs is 1. The van der Waals surface area contributed by atoms with Crippen molar-refractivity contribution in [2.24, 2.45) is 5.84 Å². The summed E-state index contributed by atoms with van der Waals surface area (Å²) in [4.78, 5) is 16.4. The molecule has 0 unspecified atom stereocenters. The maximum Gasteiger partial charge on any atom is 0.257 e. The van der Waals surface area contributed by atoms with E-state index in [0.29, 0.717) is 17.1 Å². The van der Waals surface area contributed by atoms with E-state index in [0.717, 1.165) is 10.8 Å². The van der Waals surface area contributed by atoms with Gasteiger partial charge in [-0.2, -0.15) is 0 Å². The Morgan fingerprint density at radius 1 is 1.20 bits per heavy atom. The highest BCUT2D eigenvalue weighted by Crippen LogP contribution is 2.24. The van der Waals surface area contributed by atoms with Crippen LogP contribution < -0.4 is 16.6 Å². The number of benzene rings is 1. The lowest BCUT2D eigenvalue weighted by Gasteiger charge is -2.09. The summed E-state index contributed by atoms with van der Waals surface area (Å²) in [6.45, 7) is 0. The molecule has 0 saturated heterocycles. The number of rotatable bonds is 3. The van der Waals surface area contributed by atoms with Crippen LogP contribution in [0.2, 0.25) is 0 Å². The zero-order valence-electron chi connectivity index (χ0n) is 10.3. The van der Waals surface area contributed by atoms with Crippen LogP contribution in [-0.2, 0) is 0 Å². The highest BCUT2D eigenvalue weighted by Gasteiger charge is 2.13. The Morgan fingerprint density at radius 2 is 2.00 bits per heavy atom. The number of amides is 1. The van der Waals surface area contributed by atoms with Crippen LogP contribution in [0.5, 0.6) is 0 Å². The molecule has 2 aromatic heterocycles. The number of carbonyl (C=O) groups is 1. The second kappa shape index (κ2) is 4.98. The van der Waals surface area contributed by atoms with Crippen LogP contribution in [0.4, 0.5) is 11.5 Å². The lowest BCUT2D eigenvalue weighted by atomic mass is 10.1. The van der Waals surface area contributed by atoms with E-state index in [1.165, 1.54) is 18.7 Å².